The minimum absolute atomic E-state index is 0.133. The van der Waals surface area contributed by atoms with Crippen LogP contribution in [-0.4, -0.2) is 44.1 Å². The molecular weight excluding hydrogens is 286 g/mol. The molecule has 0 fully saturated rings. The van der Waals surface area contributed by atoms with Crippen LogP contribution < -0.4 is 0 Å². The van der Waals surface area contributed by atoms with Crippen molar-refractivity contribution in [3.05, 3.63) is 16.5 Å². The monoisotopic (exact) mass is 307 g/mol. The van der Waals surface area contributed by atoms with Gasteiger partial charge in [0.15, 0.2) is 0 Å². The van der Waals surface area contributed by atoms with Gasteiger partial charge in [0.25, 0.3) is 10.0 Å². The standard InChI is InChI=1S/C12H21NO4S2/c1-9(2)13(5-6-17-4)19(15,16)12-7-10(3)11(8-14)18-12/h7,9,14H,5-6,8H2,1-4H3. The quantitative estimate of drug-likeness (QED) is 0.831. The lowest BCUT2D eigenvalue weighted by Crippen LogP contribution is -2.38. The molecule has 0 atom stereocenters. The molecule has 0 spiro atoms. The summed E-state index contributed by atoms with van der Waals surface area (Å²) in [6.07, 6.45) is 0. The average molecular weight is 307 g/mol. The minimum Gasteiger partial charge on any atom is -0.391 e. The molecule has 0 aliphatic heterocycles. The molecule has 0 unspecified atom stereocenters. The maximum atomic E-state index is 12.6. The number of rotatable bonds is 7. The highest BCUT2D eigenvalue weighted by Gasteiger charge is 2.28. The van der Waals surface area contributed by atoms with Gasteiger partial charge in [0.2, 0.25) is 0 Å². The molecule has 1 N–H and O–H groups in total. The van der Waals surface area contributed by atoms with Gasteiger partial charge in [-0.05, 0) is 32.4 Å². The van der Waals surface area contributed by atoms with E-state index in [1.54, 1.807) is 20.1 Å². The molecule has 7 heteroatoms. The van der Waals surface area contributed by atoms with Crippen LogP contribution >= 0.6 is 11.3 Å². The van der Waals surface area contributed by atoms with Gasteiger partial charge in [-0.2, -0.15) is 4.31 Å². The van der Waals surface area contributed by atoms with Gasteiger partial charge in [-0.15, -0.1) is 11.3 Å². The Morgan fingerprint density at radius 1 is 1.47 bits per heavy atom. The predicted octanol–water partition coefficient (Wildman–Crippen LogP) is 1.59. The number of hydrogen-bond donors (Lipinski definition) is 1. The van der Waals surface area contributed by atoms with Crippen molar-refractivity contribution in [1.82, 2.24) is 4.31 Å². The molecular formula is C12H21NO4S2. The van der Waals surface area contributed by atoms with Gasteiger partial charge >= 0.3 is 0 Å². The van der Waals surface area contributed by atoms with Gasteiger partial charge in [-0.1, -0.05) is 0 Å². The zero-order chi connectivity index (χ0) is 14.6. The summed E-state index contributed by atoms with van der Waals surface area (Å²) >= 11 is 1.13. The molecule has 0 bridgehead atoms. The second-order valence-corrected chi connectivity index (χ2v) is 7.79. The van der Waals surface area contributed by atoms with E-state index in [2.05, 4.69) is 0 Å². The number of thiophene rings is 1. The summed E-state index contributed by atoms with van der Waals surface area (Å²) in [6, 6.07) is 1.48. The van der Waals surface area contributed by atoms with Gasteiger partial charge in [0.05, 0.1) is 13.2 Å². The van der Waals surface area contributed by atoms with Crippen molar-refractivity contribution in [2.75, 3.05) is 20.3 Å². The van der Waals surface area contributed by atoms with E-state index in [1.807, 2.05) is 13.8 Å². The van der Waals surface area contributed by atoms with E-state index < -0.39 is 10.0 Å². The summed E-state index contributed by atoms with van der Waals surface area (Å²) < 4.78 is 31.8. The van der Waals surface area contributed by atoms with Gasteiger partial charge < -0.3 is 9.84 Å². The topological polar surface area (TPSA) is 66.8 Å². The third-order valence-corrected chi connectivity index (χ3v) is 6.54. The van der Waals surface area contributed by atoms with Crippen LogP contribution in [-0.2, 0) is 21.4 Å². The van der Waals surface area contributed by atoms with E-state index in [0.29, 0.717) is 18.0 Å². The minimum atomic E-state index is -3.52. The zero-order valence-electron chi connectivity index (χ0n) is 11.7. The second kappa shape index (κ2) is 6.81. The lowest BCUT2D eigenvalue weighted by molar-refractivity contribution is 0.171. The Labute approximate surface area is 118 Å². The van der Waals surface area contributed by atoms with Gasteiger partial charge in [0.1, 0.15) is 4.21 Å². The van der Waals surface area contributed by atoms with E-state index in [0.717, 1.165) is 16.9 Å². The maximum absolute atomic E-state index is 12.6. The highest BCUT2D eigenvalue weighted by Crippen LogP contribution is 2.29. The van der Waals surface area contributed by atoms with Crippen LogP contribution in [0.1, 0.15) is 24.3 Å². The molecule has 1 aromatic heterocycles. The second-order valence-electron chi connectivity index (χ2n) is 4.53. The first kappa shape index (κ1) is 16.6. The number of sulfonamides is 1. The molecule has 0 aromatic carbocycles. The zero-order valence-corrected chi connectivity index (χ0v) is 13.3. The Morgan fingerprint density at radius 3 is 2.53 bits per heavy atom. The highest BCUT2D eigenvalue weighted by molar-refractivity contribution is 7.91. The normalized spacial score (nSPS) is 12.6. The first-order chi connectivity index (χ1) is 8.84. The van der Waals surface area contributed by atoms with Gasteiger partial charge in [-0.25, -0.2) is 8.42 Å². The average Bonchev–Trinajstić information content (AvgIpc) is 2.71. The number of aryl methyl sites for hydroxylation is 1. The third-order valence-electron chi connectivity index (χ3n) is 2.80. The largest absolute Gasteiger partial charge is 0.391 e. The van der Waals surface area contributed by atoms with Crippen molar-refractivity contribution in [3.63, 3.8) is 0 Å². The fourth-order valence-electron chi connectivity index (χ4n) is 1.73. The van der Waals surface area contributed by atoms with E-state index >= 15 is 0 Å². The van der Waals surface area contributed by atoms with E-state index in [-0.39, 0.29) is 16.9 Å². The smallest absolute Gasteiger partial charge is 0.252 e. The molecule has 5 nitrogen and oxygen atoms in total. The summed E-state index contributed by atoms with van der Waals surface area (Å²) in [5, 5.41) is 9.17. The van der Waals surface area contributed by atoms with Crippen LogP contribution in [0.4, 0.5) is 0 Å². The number of aliphatic hydroxyl groups is 1. The maximum Gasteiger partial charge on any atom is 0.252 e. The third kappa shape index (κ3) is 3.76. The number of methoxy groups -OCH3 is 1. The van der Waals surface area contributed by atoms with Crippen LogP contribution in [0.15, 0.2) is 10.3 Å². The first-order valence-corrected chi connectivity index (χ1v) is 8.31. The molecule has 1 rings (SSSR count). The fourth-order valence-corrected chi connectivity index (χ4v) is 4.93. The highest BCUT2D eigenvalue weighted by atomic mass is 32.2. The lowest BCUT2D eigenvalue weighted by Gasteiger charge is -2.24. The van der Waals surface area contributed by atoms with Crippen molar-refractivity contribution in [2.45, 2.75) is 37.6 Å². The van der Waals surface area contributed by atoms with Crippen molar-refractivity contribution in [2.24, 2.45) is 0 Å². The fraction of sp³-hybridized carbons (Fsp3) is 0.667. The molecule has 0 saturated heterocycles. The Kier molecular flexibility index (Phi) is 5.94. The molecule has 1 aromatic rings. The first-order valence-electron chi connectivity index (χ1n) is 6.05. The summed E-state index contributed by atoms with van der Waals surface area (Å²) in [4.78, 5) is 0.689. The van der Waals surface area contributed by atoms with Crippen molar-refractivity contribution < 1.29 is 18.3 Å². The summed E-state index contributed by atoms with van der Waals surface area (Å²) in [5.74, 6) is 0. The van der Waals surface area contributed by atoms with Crippen LogP contribution in [0.2, 0.25) is 0 Å². The molecule has 110 valence electrons. The molecule has 0 aliphatic carbocycles. The Hall–Kier alpha value is -0.470. The summed E-state index contributed by atoms with van der Waals surface area (Å²) in [7, 11) is -1.98. The Morgan fingerprint density at radius 2 is 2.11 bits per heavy atom. The number of hydrogen-bond acceptors (Lipinski definition) is 5. The number of nitrogens with zero attached hydrogens (tertiary/aromatic N) is 1. The van der Waals surface area contributed by atoms with E-state index in [9.17, 15) is 8.42 Å². The predicted molar refractivity (Wildman–Crippen MR) is 75.9 cm³/mol. The molecule has 0 amide bonds. The van der Waals surface area contributed by atoms with Crippen molar-refractivity contribution in [1.29, 1.82) is 0 Å². The van der Waals surface area contributed by atoms with Crippen LogP contribution in [0.5, 0.6) is 0 Å². The molecule has 19 heavy (non-hydrogen) atoms. The Balaban J connectivity index is 3.11. The summed E-state index contributed by atoms with van der Waals surface area (Å²) in [5.41, 5.74) is 0.807. The molecule has 0 saturated carbocycles. The lowest BCUT2D eigenvalue weighted by atomic mass is 10.3. The van der Waals surface area contributed by atoms with Crippen LogP contribution in [0.3, 0.4) is 0 Å². The molecule has 1 heterocycles. The van der Waals surface area contributed by atoms with Crippen LogP contribution in [0, 0.1) is 6.92 Å². The van der Waals surface area contributed by atoms with Crippen molar-refractivity contribution in [3.8, 4) is 0 Å². The SMILES string of the molecule is COCCN(C(C)C)S(=O)(=O)c1cc(C)c(CO)s1. The van der Waals surface area contributed by atoms with Crippen molar-refractivity contribution >= 4 is 21.4 Å². The molecule has 0 radical (unpaired) electrons. The molecule has 0 aliphatic rings. The van der Waals surface area contributed by atoms with Gasteiger partial charge in [0, 0.05) is 24.6 Å². The Bertz CT molecular complexity index is 508. The van der Waals surface area contributed by atoms with Gasteiger partial charge in [-0.3, -0.25) is 0 Å². The van der Waals surface area contributed by atoms with Crippen LogP contribution in [0.25, 0.3) is 0 Å². The summed E-state index contributed by atoms with van der Waals surface area (Å²) in [6.45, 7) is 6.01. The van der Waals surface area contributed by atoms with E-state index in [1.165, 1.54) is 4.31 Å². The van der Waals surface area contributed by atoms with E-state index in [4.69, 9.17) is 9.84 Å². The number of aliphatic hydroxyl groups excluding tert-OH is 1. The number of ether oxygens (including phenoxy) is 1.